The Kier molecular flexibility index (Phi) is 5.76. The van der Waals surface area contributed by atoms with Gasteiger partial charge in [0.05, 0.1) is 7.11 Å². The van der Waals surface area contributed by atoms with Crippen LogP contribution in [0.15, 0.2) is 48.5 Å². The first-order valence-electron chi connectivity index (χ1n) is 9.73. The van der Waals surface area contributed by atoms with E-state index in [-0.39, 0.29) is 11.9 Å². The van der Waals surface area contributed by atoms with E-state index in [1.54, 1.807) is 18.4 Å². The molecule has 2 heterocycles. The van der Waals surface area contributed by atoms with Gasteiger partial charge in [-0.25, -0.2) is 4.79 Å². The Bertz CT molecular complexity index is 969. The number of aromatic nitrogens is 2. The minimum absolute atomic E-state index is 0.0570. The number of piperidine rings is 1. The van der Waals surface area contributed by atoms with Crippen LogP contribution in [0, 0.1) is 6.92 Å². The number of likely N-dealkylation sites (tertiary alicyclic amines) is 1. The van der Waals surface area contributed by atoms with Gasteiger partial charge in [0.15, 0.2) is 0 Å². The summed E-state index contributed by atoms with van der Waals surface area (Å²) in [5.41, 5.74) is 3.02. The largest absolute Gasteiger partial charge is 0.497 e. The van der Waals surface area contributed by atoms with Crippen molar-refractivity contribution in [2.75, 3.05) is 25.5 Å². The molecule has 0 spiro atoms. The molecule has 1 aliphatic rings. The number of nitrogens with one attached hydrogen (secondary N) is 1. The monoisotopic (exact) mass is 408 g/mol. The number of carbonyl (C=O) groups excluding carboxylic acids is 1. The fourth-order valence-corrected chi connectivity index (χ4v) is 4.43. The highest BCUT2D eigenvalue weighted by Gasteiger charge is 2.27. The Morgan fingerprint density at radius 1 is 1.14 bits per heavy atom. The molecule has 0 aliphatic carbocycles. The van der Waals surface area contributed by atoms with Crippen molar-refractivity contribution in [1.29, 1.82) is 0 Å². The summed E-state index contributed by atoms with van der Waals surface area (Å²) in [4.78, 5) is 14.6. The molecule has 4 rings (SSSR count). The van der Waals surface area contributed by atoms with E-state index in [1.165, 1.54) is 5.56 Å². The van der Waals surface area contributed by atoms with Crippen LogP contribution >= 0.6 is 11.3 Å². The third-order valence-corrected chi connectivity index (χ3v) is 6.27. The van der Waals surface area contributed by atoms with Crippen LogP contribution in [0.1, 0.15) is 29.3 Å². The number of aryl methyl sites for hydroxylation is 1. The molecule has 1 aromatic heterocycles. The van der Waals surface area contributed by atoms with Crippen LogP contribution in [0.3, 0.4) is 0 Å². The molecule has 3 aromatic rings. The van der Waals surface area contributed by atoms with Gasteiger partial charge in [0.1, 0.15) is 15.8 Å². The highest BCUT2D eigenvalue weighted by molar-refractivity contribution is 7.14. The predicted molar refractivity (Wildman–Crippen MR) is 116 cm³/mol. The van der Waals surface area contributed by atoms with E-state index in [0.717, 1.165) is 46.4 Å². The summed E-state index contributed by atoms with van der Waals surface area (Å²) in [7, 11) is 1.65. The van der Waals surface area contributed by atoms with E-state index in [4.69, 9.17) is 4.74 Å². The molecule has 29 heavy (non-hydrogen) atoms. The number of benzene rings is 2. The molecule has 1 atom stereocenters. The second-order valence-corrected chi connectivity index (χ2v) is 8.26. The fraction of sp³-hybridized carbons (Fsp3) is 0.318. The third kappa shape index (κ3) is 4.56. The molecule has 0 saturated carbocycles. The van der Waals surface area contributed by atoms with Crippen molar-refractivity contribution in [3.8, 4) is 16.3 Å². The van der Waals surface area contributed by atoms with Gasteiger partial charge in [0.2, 0.25) is 0 Å². The maximum absolute atomic E-state index is 12.7. The lowest BCUT2D eigenvalue weighted by atomic mass is 9.99. The van der Waals surface area contributed by atoms with Crippen LogP contribution in [-0.4, -0.2) is 41.3 Å². The van der Waals surface area contributed by atoms with Crippen molar-refractivity contribution in [3.63, 3.8) is 0 Å². The molecule has 1 fully saturated rings. The molecule has 1 saturated heterocycles. The fourth-order valence-electron chi connectivity index (χ4n) is 3.45. The van der Waals surface area contributed by atoms with Crippen LogP contribution in [0.4, 0.5) is 10.5 Å². The van der Waals surface area contributed by atoms with Gasteiger partial charge >= 0.3 is 6.03 Å². The summed E-state index contributed by atoms with van der Waals surface area (Å²) in [6.45, 7) is 3.45. The molecule has 0 bridgehead atoms. The number of amides is 2. The van der Waals surface area contributed by atoms with E-state index >= 15 is 0 Å². The first kappa shape index (κ1) is 19.4. The second kappa shape index (κ2) is 8.61. The van der Waals surface area contributed by atoms with Crippen molar-refractivity contribution in [1.82, 2.24) is 15.1 Å². The van der Waals surface area contributed by atoms with Gasteiger partial charge in [-0.05, 0) is 56.2 Å². The van der Waals surface area contributed by atoms with E-state index in [0.29, 0.717) is 6.54 Å². The number of urea groups is 1. The number of hydrogen-bond donors (Lipinski definition) is 1. The quantitative estimate of drug-likeness (QED) is 0.664. The number of carbonyl (C=O) groups is 1. The number of anilines is 1. The Morgan fingerprint density at radius 2 is 1.90 bits per heavy atom. The van der Waals surface area contributed by atoms with Crippen LogP contribution in [0.2, 0.25) is 0 Å². The van der Waals surface area contributed by atoms with Crippen LogP contribution in [-0.2, 0) is 0 Å². The average Bonchev–Trinajstić information content (AvgIpc) is 3.26. The highest BCUT2D eigenvalue weighted by Crippen LogP contribution is 2.33. The van der Waals surface area contributed by atoms with Crippen molar-refractivity contribution in [2.45, 2.75) is 25.7 Å². The minimum Gasteiger partial charge on any atom is -0.497 e. The molecule has 1 unspecified atom stereocenters. The van der Waals surface area contributed by atoms with Crippen molar-refractivity contribution in [2.24, 2.45) is 0 Å². The first-order chi connectivity index (χ1) is 14.1. The topological polar surface area (TPSA) is 67.4 Å². The van der Waals surface area contributed by atoms with Gasteiger partial charge in [-0.2, -0.15) is 0 Å². The molecule has 2 amide bonds. The molecule has 1 aliphatic heterocycles. The Hall–Kier alpha value is -2.93. The smallest absolute Gasteiger partial charge is 0.321 e. The lowest BCUT2D eigenvalue weighted by molar-refractivity contribution is 0.192. The Morgan fingerprint density at radius 3 is 2.62 bits per heavy atom. The van der Waals surface area contributed by atoms with Crippen molar-refractivity contribution in [3.05, 3.63) is 59.1 Å². The van der Waals surface area contributed by atoms with Gasteiger partial charge in [0, 0.05) is 30.3 Å². The van der Waals surface area contributed by atoms with Crippen LogP contribution in [0.25, 0.3) is 10.6 Å². The van der Waals surface area contributed by atoms with Crippen molar-refractivity contribution >= 4 is 23.1 Å². The normalized spacial score (nSPS) is 16.5. The molecule has 0 radical (unpaired) electrons. The summed E-state index contributed by atoms with van der Waals surface area (Å²) in [6, 6.07) is 15.6. The van der Waals surface area contributed by atoms with Crippen molar-refractivity contribution < 1.29 is 9.53 Å². The number of ether oxygens (including phenoxy) is 1. The maximum Gasteiger partial charge on any atom is 0.321 e. The van der Waals surface area contributed by atoms with E-state index in [2.05, 4.69) is 15.5 Å². The summed E-state index contributed by atoms with van der Waals surface area (Å²) in [6.07, 6.45) is 1.98. The summed E-state index contributed by atoms with van der Waals surface area (Å²) >= 11 is 1.60. The van der Waals surface area contributed by atoms with Gasteiger partial charge < -0.3 is 15.0 Å². The molecule has 6 nitrogen and oxygen atoms in total. The van der Waals surface area contributed by atoms with Gasteiger partial charge in [-0.15, -0.1) is 10.2 Å². The van der Waals surface area contributed by atoms with E-state index in [9.17, 15) is 4.79 Å². The van der Waals surface area contributed by atoms with Crippen LogP contribution in [0.5, 0.6) is 5.75 Å². The first-order valence-corrected chi connectivity index (χ1v) is 10.5. The SMILES string of the molecule is COc1ccc(-c2nnc(C3CCCN(C(=O)Nc4ccc(C)cc4)C3)s2)cc1. The molecule has 2 aromatic carbocycles. The zero-order valence-electron chi connectivity index (χ0n) is 16.6. The molecule has 1 N–H and O–H groups in total. The van der Waals surface area contributed by atoms with E-state index in [1.807, 2.05) is 60.4 Å². The number of methoxy groups -OCH3 is 1. The summed E-state index contributed by atoms with van der Waals surface area (Å²) < 4.78 is 5.21. The number of hydrogen-bond acceptors (Lipinski definition) is 5. The van der Waals surface area contributed by atoms with E-state index < -0.39 is 0 Å². The highest BCUT2D eigenvalue weighted by atomic mass is 32.1. The molecule has 150 valence electrons. The minimum atomic E-state index is -0.0570. The Labute approximate surface area is 174 Å². The average molecular weight is 409 g/mol. The maximum atomic E-state index is 12.7. The Balaban J connectivity index is 1.42. The zero-order chi connectivity index (χ0) is 20.2. The van der Waals surface area contributed by atoms with Gasteiger partial charge in [-0.3, -0.25) is 0 Å². The second-order valence-electron chi connectivity index (χ2n) is 7.26. The standard InChI is InChI=1S/C22H24N4O2S/c1-15-5-9-18(10-6-15)23-22(27)26-13-3-4-17(14-26)21-25-24-20(29-21)16-7-11-19(28-2)12-8-16/h5-12,17H,3-4,13-14H2,1-2H3,(H,23,27). The number of nitrogens with zero attached hydrogens (tertiary/aromatic N) is 3. The number of rotatable bonds is 4. The lowest BCUT2D eigenvalue weighted by Crippen LogP contribution is -2.41. The van der Waals surface area contributed by atoms with Crippen LogP contribution < -0.4 is 10.1 Å². The zero-order valence-corrected chi connectivity index (χ0v) is 17.4. The molecular formula is C22H24N4O2S. The summed E-state index contributed by atoms with van der Waals surface area (Å²) in [5.74, 6) is 1.04. The summed E-state index contributed by atoms with van der Waals surface area (Å²) in [5, 5.41) is 13.7. The lowest BCUT2D eigenvalue weighted by Gasteiger charge is -2.31. The van der Waals surface area contributed by atoms with Gasteiger partial charge in [0.25, 0.3) is 0 Å². The molecule has 7 heteroatoms. The third-order valence-electron chi connectivity index (χ3n) is 5.14. The predicted octanol–water partition coefficient (Wildman–Crippen LogP) is 4.93. The molecular weight excluding hydrogens is 384 g/mol. The van der Waals surface area contributed by atoms with Gasteiger partial charge in [-0.1, -0.05) is 29.0 Å².